The van der Waals surface area contributed by atoms with Crippen LogP contribution in [0.2, 0.25) is 26.2 Å². The van der Waals surface area contributed by atoms with Crippen LogP contribution in [-0.4, -0.2) is 33.2 Å². The second-order valence-electron chi connectivity index (χ2n) is 9.28. The Morgan fingerprint density at radius 2 is 1.72 bits per heavy atom. The van der Waals surface area contributed by atoms with Crippen LogP contribution in [0.4, 0.5) is 4.79 Å². The van der Waals surface area contributed by atoms with Crippen molar-refractivity contribution in [2.75, 3.05) is 0 Å². The molecule has 0 saturated heterocycles. The minimum absolute atomic E-state index is 0.00433. The number of fused-ring (bicyclic) bond motifs is 7. The largest absolute Gasteiger partial charge is 0.449 e. The Bertz CT molecular complexity index is 808. The van der Waals surface area contributed by atoms with Gasteiger partial charge in [-0.25, -0.2) is 4.79 Å². The minimum Gasteiger partial charge on any atom is -0.449 e. The van der Waals surface area contributed by atoms with Crippen LogP contribution in [0.5, 0.6) is 0 Å². The van der Waals surface area contributed by atoms with E-state index >= 15 is 0 Å². The number of carbonyl (C=O) groups excluding carboxylic acids is 1. The zero-order valence-corrected chi connectivity index (χ0v) is 18.1. The van der Waals surface area contributed by atoms with Crippen molar-refractivity contribution in [2.45, 2.75) is 64.6 Å². The van der Waals surface area contributed by atoms with E-state index in [2.05, 4.69) is 50.5 Å². The summed E-state index contributed by atoms with van der Waals surface area (Å²) < 4.78 is 12.3. The molecule has 0 saturated carbocycles. The molecule has 0 N–H and O–H groups in total. The number of ether oxygens (including phenoxy) is 1. The lowest BCUT2D eigenvalue weighted by molar-refractivity contribution is 0.0196. The lowest BCUT2D eigenvalue weighted by atomic mass is 9.97. The topological polar surface area (TPSA) is 38.8 Å². The van der Waals surface area contributed by atoms with Crippen LogP contribution in [0.1, 0.15) is 44.0 Å². The minimum atomic E-state index is -1.95. The average molecular weight is 374 g/mol. The predicted molar refractivity (Wildman–Crippen MR) is 104 cm³/mol. The predicted octanol–water partition coefficient (Wildman–Crippen LogP) is 3.44. The highest BCUT2D eigenvalue weighted by Gasteiger charge is 2.53. The summed E-state index contributed by atoms with van der Waals surface area (Å²) in [6, 6.07) is 4.47. The van der Waals surface area contributed by atoms with Gasteiger partial charge >= 0.3 is 6.09 Å². The van der Waals surface area contributed by atoms with E-state index in [0.717, 1.165) is 0 Å². The van der Waals surface area contributed by atoms with Gasteiger partial charge in [-0.15, -0.1) is 0 Å². The molecule has 0 aromatic heterocycles. The Morgan fingerprint density at radius 3 is 2.36 bits per heavy atom. The maximum atomic E-state index is 12.8. The molecule has 25 heavy (non-hydrogen) atoms. The van der Waals surface area contributed by atoms with Crippen LogP contribution in [0, 0.1) is 0 Å². The third-order valence-electron chi connectivity index (χ3n) is 5.33. The van der Waals surface area contributed by atoms with Crippen molar-refractivity contribution in [3.63, 3.8) is 0 Å². The van der Waals surface area contributed by atoms with Gasteiger partial charge in [-0.1, -0.05) is 24.3 Å². The van der Waals surface area contributed by atoms with Gasteiger partial charge in [0.15, 0.2) is 0 Å². The summed E-state index contributed by atoms with van der Waals surface area (Å²) in [6.07, 6.45) is 4.07. The van der Waals surface area contributed by atoms with Crippen LogP contribution < -0.4 is 10.4 Å². The fourth-order valence-electron chi connectivity index (χ4n) is 4.71. The lowest BCUT2D eigenvalue weighted by Gasteiger charge is -2.28. The zero-order valence-electron chi connectivity index (χ0n) is 16.1. The van der Waals surface area contributed by atoms with Crippen molar-refractivity contribution < 1.29 is 13.6 Å². The summed E-state index contributed by atoms with van der Waals surface area (Å²) in [5.41, 5.74) is 2.10. The molecule has 3 aliphatic rings. The van der Waals surface area contributed by atoms with Gasteiger partial charge in [-0.2, -0.15) is 0 Å². The van der Waals surface area contributed by atoms with Gasteiger partial charge in [0.05, 0.1) is 12.1 Å². The molecule has 2 bridgehead atoms. The van der Waals surface area contributed by atoms with Gasteiger partial charge in [0.2, 0.25) is 16.6 Å². The van der Waals surface area contributed by atoms with Crippen molar-refractivity contribution >= 4 is 33.1 Å². The molecule has 1 amide bonds. The fourth-order valence-corrected chi connectivity index (χ4v) is 15.4. The van der Waals surface area contributed by atoms with Crippen molar-refractivity contribution in [3.8, 4) is 0 Å². The standard InChI is InChI=1S/C19H27NO3Si2/c1-19(2,3)22-18(21)20-13-9-10-14(20)16-12(13)8-11-15-17(16)25(6,7)23-24(15,4)5/h8-11,13-14H,1-7H3/t13-,14+/m0/s1. The highest BCUT2D eigenvalue weighted by Crippen LogP contribution is 2.49. The molecule has 0 aliphatic carbocycles. The van der Waals surface area contributed by atoms with Crippen molar-refractivity contribution in [3.05, 3.63) is 35.4 Å². The first kappa shape index (κ1) is 17.1. The lowest BCUT2D eigenvalue weighted by Crippen LogP contribution is -2.47. The summed E-state index contributed by atoms with van der Waals surface area (Å²) in [5, 5.41) is 2.86. The van der Waals surface area contributed by atoms with E-state index in [1.54, 1.807) is 0 Å². The second kappa shape index (κ2) is 4.87. The number of benzene rings is 1. The molecule has 0 radical (unpaired) electrons. The molecule has 134 valence electrons. The molecular weight excluding hydrogens is 346 g/mol. The normalized spacial score (nSPS) is 27.4. The van der Waals surface area contributed by atoms with Crippen LogP contribution in [-0.2, 0) is 8.85 Å². The third-order valence-corrected chi connectivity index (χ3v) is 13.1. The number of hydrogen-bond acceptors (Lipinski definition) is 3. The molecule has 4 rings (SSSR count). The fraction of sp³-hybridized carbons (Fsp3) is 0.526. The van der Waals surface area contributed by atoms with E-state index in [-0.39, 0.29) is 18.2 Å². The molecule has 0 unspecified atom stereocenters. The van der Waals surface area contributed by atoms with E-state index in [1.165, 1.54) is 21.5 Å². The van der Waals surface area contributed by atoms with Gasteiger partial charge in [0, 0.05) is 0 Å². The van der Waals surface area contributed by atoms with Crippen LogP contribution >= 0.6 is 0 Å². The van der Waals surface area contributed by atoms with E-state index in [0.29, 0.717) is 0 Å². The molecule has 6 heteroatoms. The van der Waals surface area contributed by atoms with E-state index < -0.39 is 22.2 Å². The monoisotopic (exact) mass is 373 g/mol. The van der Waals surface area contributed by atoms with Gasteiger partial charge in [0.1, 0.15) is 5.60 Å². The molecule has 3 aliphatic heterocycles. The number of amides is 1. The number of rotatable bonds is 0. The van der Waals surface area contributed by atoms with Crippen molar-refractivity contribution in [1.82, 2.24) is 4.90 Å². The van der Waals surface area contributed by atoms with Crippen LogP contribution in [0.3, 0.4) is 0 Å². The number of nitrogens with zero attached hydrogens (tertiary/aromatic N) is 1. The van der Waals surface area contributed by atoms with Crippen molar-refractivity contribution in [2.24, 2.45) is 0 Å². The summed E-state index contributed by atoms with van der Waals surface area (Å²) in [7, 11) is -3.80. The first-order valence-electron chi connectivity index (χ1n) is 9.00. The third kappa shape index (κ3) is 2.38. The maximum Gasteiger partial charge on any atom is 0.411 e. The summed E-state index contributed by atoms with van der Waals surface area (Å²) >= 11 is 0. The van der Waals surface area contributed by atoms with Crippen molar-refractivity contribution in [1.29, 1.82) is 0 Å². The maximum absolute atomic E-state index is 12.8. The van der Waals surface area contributed by atoms with E-state index in [4.69, 9.17) is 8.85 Å². The number of carbonyl (C=O) groups is 1. The van der Waals surface area contributed by atoms with E-state index in [1.807, 2.05) is 25.7 Å². The first-order chi connectivity index (χ1) is 11.4. The van der Waals surface area contributed by atoms with E-state index in [9.17, 15) is 4.79 Å². The second-order valence-corrected chi connectivity index (χ2v) is 17.2. The molecule has 1 aromatic carbocycles. The highest BCUT2D eigenvalue weighted by molar-refractivity contribution is 7.06. The first-order valence-corrected chi connectivity index (χ1v) is 14.8. The molecular formula is C19H27NO3Si2. The smallest absolute Gasteiger partial charge is 0.411 e. The molecule has 1 aromatic rings. The molecule has 0 fully saturated rings. The summed E-state index contributed by atoms with van der Waals surface area (Å²) in [4.78, 5) is 14.7. The quantitative estimate of drug-likeness (QED) is 0.516. The average Bonchev–Trinajstić information content (AvgIpc) is 3.04. The SMILES string of the molecule is CC(C)(C)OC(=O)N1[C@@H]2C=C[C@H]1c1ccc3c(c12)[Si](C)(C)O[Si]3(C)C. The molecule has 3 heterocycles. The summed E-state index contributed by atoms with van der Waals surface area (Å²) in [5.74, 6) is 0. The Morgan fingerprint density at radius 1 is 1.08 bits per heavy atom. The Labute approximate surface area is 152 Å². The molecule has 0 spiro atoms. The highest BCUT2D eigenvalue weighted by atomic mass is 28.4. The van der Waals surface area contributed by atoms with Gasteiger partial charge in [-0.3, -0.25) is 4.90 Å². The Hall–Kier alpha value is -1.38. The van der Waals surface area contributed by atoms with Gasteiger partial charge in [-0.05, 0) is 68.5 Å². The Balaban J connectivity index is 1.81. The van der Waals surface area contributed by atoms with Crippen LogP contribution in [0.15, 0.2) is 24.3 Å². The van der Waals surface area contributed by atoms with Gasteiger partial charge in [0.25, 0.3) is 0 Å². The molecule has 4 nitrogen and oxygen atoms in total. The Kier molecular flexibility index (Phi) is 3.32. The molecule has 2 atom stereocenters. The summed E-state index contributed by atoms with van der Waals surface area (Å²) in [6.45, 7) is 14.9. The zero-order chi connectivity index (χ0) is 18.4. The number of hydrogen-bond donors (Lipinski definition) is 0. The van der Waals surface area contributed by atoms with Crippen LogP contribution in [0.25, 0.3) is 0 Å². The van der Waals surface area contributed by atoms with Gasteiger partial charge < -0.3 is 8.85 Å².